The third-order valence-corrected chi connectivity index (χ3v) is 5.98. The van der Waals surface area contributed by atoms with Gasteiger partial charge in [0.15, 0.2) is 0 Å². The normalized spacial score (nSPS) is 33.5. The fourth-order valence-electron chi connectivity index (χ4n) is 4.79. The molecule has 1 atom stereocenters. The lowest BCUT2D eigenvalue weighted by molar-refractivity contribution is -0.155. The second-order valence-corrected chi connectivity index (χ2v) is 7.59. The van der Waals surface area contributed by atoms with Crippen LogP contribution in [0.4, 0.5) is 0 Å². The highest BCUT2D eigenvalue weighted by molar-refractivity contribution is 5.30. The van der Waals surface area contributed by atoms with Crippen LogP contribution in [0.1, 0.15) is 48.7 Å². The van der Waals surface area contributed by atoms with Crippen molar-refractivity contribution in [3.63, 3.8) is 0 Å². The Balaban J connectivity index is 1.54. The highest BCUT2D eigenvalue weighted by Crippen LogP contribution is 2.70. The number of nitriles is 1. The van der Waals surface area contributed by atoms with Gasteiger partial charge >= 0.3 is 5.69 Å². The first-order valence-electron chi connectivity index (χ1n) is 8.25. The van der Waals surface area contributed by atoms with E-state index in [0.717, 1.165) is 37.9 Å². The van der Waals surface area contributed by atoms with Gasteiger partial charge in [-0.25, -0.2) is 9.48 Å². The summed E-state index contributed by atoms with van der Waals surface area (Å²) in [7, 11) is 0. The van der Waals surface area contributed by atoms with Crippen LogP contribution in [0, 0.1) is 23.7 Å². The third kappa shape index (κ3) is 1.51. The van der Waals surface area contributed by atoms with E-state index in [2.05, 4.69) is 42.4 Å². The van der Waals surface area contributed by atoms with E-state index in [1.807, 2.05) is 4.57 Å². The number of benzene rings is 1. The second kappa shape index (κ2) is 3.94. The summed E-state index contributed by atoms with van der Waals surface area (Å²) in [6.45, 7) is 2.07. The van der Waals surface area contributed by atoms with Crippen LogP contribution >= 0.6 is 0 Å². The monoisotopic (exact) mass is 306 g/mol. The van der Waals surface area contributed by atoms with Crippen molar-refractivity contribution in [3.8, 4) is 6.07 Å². The lowest BCUT2D eigenvalue weighted by Gasteiger charge is -2.65. The van der Waals surface area contributed by atoms with Gasteiger partial charge in [-0.3, -0.25) is 4.57 Å². The summed E-state index contributed by atoms with van der Waals surface area (Å²) in [6, 6.07) is 10.9. The fourth-order valence-corrected chi connectivity index (χ4v) is 4.79. The molecule has 6 rings (SSSR count). The van der Waals surface area contributed by atoms with Gasteiger partial charge < -0.3 is 0 Å². The van der Waals surface area contributed by atoms with Gasteiger partial charge in [0.25, 0.3) is 0 Å². The molecule has 2 heterocycles. The smallest absolute Gasteiger partial charge is 0.271 e. The molecule has 0 spiro atoms. The van der Waals surface area contributed by atoms with E-state index in [9.17, 15) is 10.1 Å². The standard InChI is InChI=1S/C18H18N4O/c1-12-2-4-13(5-3-12)14-6-7-15-20-22(16(23)21(14)15)18-8-17(9-18,10-18)11-19/h2-5,14H,6-10H2,1H3. The molecule has 2 bridgehead atoms. The van der Waals surface area contributed by atoms with Gasteiger partial charge in [-0.2, -0.15) is 10.4 Å². The van der Waals surface area contributed by atoms with E-state index in [0.29, 0.717) is 0 Å². The molecule has 116 valence electrons. The minimum Gasteiger partial charge on any atom is -0.271 e. The Labute approximate surface area is 134 Å². The Morgan fingerprint density at radius 1 is 1.26 bits per heavy atom. The molecule has 0 amide bonds. The van der Waals surface area contributed by atoms with Crippen LogP contribution in [0.25, 0.3) is 0 Å². The maximum Gasteiger partial charge on any atom is 0.347 e. The number of aryl methyl sites for hydroxylation is 2. The number of rotatable bonds is 2. The molecule has 3 fully saturated rings. The Hall–Kier alpha value is -2.35. The summed E-state index contributed by atoms with van der Waals surface area (Å²) >= 11 is 0. The Morgan fingerprint density at radius 2 is 1.96 bits per heavy atom. The molecule has 0 radical (unpaired) electrons. The Bertz CT molecular complexity index is 892. The minimum absolute atomic E-state index is 0.00862. The SMILES string of the molecule is Cc1ccc(C2CCc3nn(C45CC(C#N)(C4)C5)c(=O)n32)cc1. The summed E-state index contributed by atoms with van der Waals surface area (Å²) in [4.78, 5) is 12.9. The number of aromatic nitrogens is 3. The van der Waals surface area contributed by atoms with Crippen molar-refractivity contribution < 1.29 is 0 Å². The second-order valence-electron chi connectivity index (χ2n) is 7.59. The Morgan fingerprint density at radius 3 is 2.61 bits per heavy atom. The first-order valence-corrected chi connectivity index (χ1v) is 8.25. The van der Waals surface area contributed by atoms with Gasteiger partial charge in [0.1, 0.15) is 5.82 Å². The molecule has 5 nitrogen and oxygen atoms in total. The summed E-state index contributed by atoms with van der Waals surface area (Å²) in [5.41, 5.74) is 2.09. The van der Waals surface area contributed by atoms with Crippen LogP contribution in [-0.4, -0.2) is 14.3 Å². The van der Waals surface area contributed by atoms with Crippen LogP contribution < -0.4 is 5.69 Å². The van der Waals surface area contributed by atoms with Crippen molar-refractivity contribution in [2.24, 2.45) is 5.41 Å². The van der Waals surface area contributed by atoms with E-state index in [4.69, 9.17) is 0 Å². The van der Waals surface area contributed by atoms with Crippen molar-refractivity contribution in [3.05, 3.63) is 51.7 Å². The van der Waals surface area contributed by atoms with Gasteiger partial charge in [-0.15, -0.1) is 0 Å². The van der Waals surface area contributed by atoms with E-state index < -0.39 is 0 Å². The highest BCUT2D eigenvalue weighted by atomic mass is 16.2. The molecule has 0 saturated heterocycles. The number of fused-ring (bicyclic) bond motifs is 1. The first kappa shape index (κ1) is 13.1. The fraction of sp³-hybridized carbons (Fsp3) is 0.500. The lowest BCUT2D eigenvalue weighted by atomic mass is 9.40. The molecule has 3 saturated carbocycles. The largest absolute Gasteiger partial charge is 0.347 e. The zero-order valence-electron chi connectivity index (χ0n) is 13.1. The van der Waals surface area contributed by atoms with Crippen LogP contribution in [0.2, 0.25) is 0 Å². The molecule has 2 aromatic rings. The zero-order valence-corrected chi connectivity index (χ0v) is 13.1. The van der Waals surface area contributed by atoms with Gasteiger partial charge in [-0.05, 0) is 38.2 Å². The molecular formula is C18H18N4O. The van der Waals surface area contributed by atoms with Crippen LogP contribution in [0.3, 0.4) is 0 Å². The topological polar surface area (TPSA) is 63.6 Å². The van der Waals surface area contributed by atoms with E-state index in [-0.39, 0.29) is 22.7 Å². The van der Waals surface area contributed by atoms with Crippen molar-refractivity contribution in [2.45, 2.75) is 50.6 Å². The van der Waals surface area contributed by atoms with Crippen molar-refractivity contribution in [1.82, 2.24) is 14.3 Å². The maximum atomic E-state index is 12.9. The molecule has 5 heteroatoms. The molecule has 1 aromatic carbocycles. The van der Waals surface area contributed by atoms with E-state index >= 15 is 0 Å². The van der Waals surface area contributed by atoms with Crippen LogP contribution in [-0.2, 0) is 12.0 Å². The van der Waals surface area contributed by atoms with Gasteiger partial charge in [-0.1, -0.05) is 29.8 Å². The van der Waals surface area contributed by atoms with E-state index in [1.54, 1.807) is 4.68 Å². The van der Waals surface area contributed by atoms with Crippen molar-refractivity contribution >= 4 is 0 Å². The quantitative estimate of drug-likeness (QED) is 0.855. The summed E-state index contributed by atoms with van der Waals surface area (Å²) in [5.74, 6) is 0.899. The molecule has 23 heavy (non-hydrogen) atoms. The maximum absolute atomic E-state index is 12.9. The molecule has 0 N–H and O–H groups in total. The van der Waals surface area contributed by atoms with Crippen LogP contribution in [0.5, 0.6) is 0 Å². The number of nitrogens with zero attached hydrogens (tertiary/aromatic N) is 4. The van der Waals surface area contributed by atoms with Crippen molar-refractivity contribution in [1.29, 1.82) is 5.26 Å². The van der Waals surface area contributed by atoms with E-state index in [1.165, 1.54) is 11.1 Å². The van der Waals surface area contributed by atoms with Crippen molar-refractivity contribution in [2.75, 3.05) is 0 Å². The molecule has 1 aromatic heterocycles. The van der Waals surface area contributed by atoms with Gasteiger partial charge in [0.05, 0.1) is 23.1 Å². The highest BCUT2D eigenvalue weighted by Gasteiger charge is 2.71. The van der Waals surface area contributed by atoms with Crippen LogP contribution in [0.15, 0.2) is 29.1 Å². The van der Waals surface area contributed by atoms with Gasteiger partial charge in [0.2, 0.25) is 0 Å². The average molecular weight is 306 g/mol. The minimum atomic E-state index is -0.165. The number of hydrogen-bond donors (Lipinski definition) is 0. The molecule has 1 aliphatic heterocycles. The molecule has 3 aliphatic carbocycles. The lowest BCUT2D eigenvalue weighted by Crippen LogP contribution is -2.69. The predicted octanol–water partition coefficient (Wildman–Crippen LogP) is 2.29. The average Bonchev–Trinajstić information content (AvgIpc) is 3.00. The summed E-state index contributed by atoms with van der Waals surface area (Å²) < 4.78 is 3.58. The Kier molecular flexibility index (Phi) is 2.25. The first-order chi connectivity index (χ1) is 11.1. The summed E-state index contributed by atoms with van der Waals surface area (Å²) in [5, 5.41) is 13.8. The summed E-state index contributed by atoms with van der Waals surface area (Å²) in [6.07, 6.45) is 4.17. The predicted molar refractivity (Wildman–Crippen MR) is 84.0 cm³/mol. The third-order valence-electron chi connectivity index (χ3n) is 5.98. The molecular weight excluding hydrogens is 288 g/mol. The van der Waals surface area contributed by atoms with Gasteiger partial charge in [0, 0.05) is 6.42 Å². The number of hydrogen-bond acceptors (Lipinski definition) is 3. The molecule has 1 unspecified atom stereocenters. The molecule has 4 aliphatic rings. The zero-order chi connectivity index (χ0) is 15.8.